The van der Waals surface area contributed by atoms with Crippen LogP contribution in [0, 0.1) is 0 Å². The topological polar surface area (TPSA) is 79.0 Å². The summed E-state index contributed by atoms with van der Waals surface area (Å²) in [6.07, 6.45) is 1.39. The maximum absolute atomic E-state index is 12.4. The van der Waals surface area contributed by atoms with Crippen molar-refractivity contribution >= 4 is 17.9 Å². The van der Waals surface area contributed by atoms with Crippen LogP contribution >= 0.6 is 0 Å². The monoisotopic (exact) mass is 389 g/mol. The van der Waals surface area contributed by atoms with Crippen LogP contribution in [-0.2, 0) is 14.3 Å². The van der Waals surface area contributed by atoms with Crippen molar-refractivity contribution in [3.05, 3.63) is 35.9 Å². The first-order valence-corrected chi connectivity index (χ1v) is 9.95. The Morgan fingerprint density at radius 3 is 2.43 bits per heavy atom. The van der Waals surface area contributed by atoms with Crippen molar-refractivity contribution in [1.82, 2.24) is 15.1 Å². The van der Waals surface area contributed by atoms with E-state index in [1.54, 1.807) is 16.7 Å². The van der Waals surface area contributed by atoms with E-state index in [1.807, 2.05) is 37.3 Å². The number of ether oxygens (including phenoxy) is 1. The Kier molecular flexibility index (Phi) is 8.29. The summed E-state index contributed by atoms with van der Waals surface area (Å²) < 4.78 is 5.01. The van der Waals surface area contributed by atoms with Crippen molar-refractivity contribution in [3.8, 4) is 0 Å². The van der Waals surface area contributed by atoms with Crippen molar-refractivity contribution in [3.63, 3.8) is 0 Å². The summed E-state index contributed by atoms with van der Waals surface area (Å²) in [6, 6.07) is 9.76. The minimum atomic E-state index is -0.292. The standard InChI is InChI=1S/C21H31N3O4/c1-4-28-21(27)23-13-10-19(11-14-23)22-20(26)12-15-24(17(3)25)16(2)18-8-6-5-7-9-18/h5-9,16,19H,4,10-15H2,1-3H3,(H,22,26). The number of rotatable bonds is 7. The van der Waals surface area contributed by atoms with E-state index in [9.17, 15) is 14.4 Å². The first-order chi connectivity index (χ1) is 13.4. The van der Waals surface area contributed by atoms with Crippen molar-refractivity contribution in [2.45, 2.75) is 52.1 Å². The van der Waals surface area contributed by atoms with Crippen molar-refractivity contribution in [2.75, 3.05) is 26.2 Å². The Labute approximate surface area is 167 Å². The highest BCUT2D eigenvalue weighted by molar-refractivity contribution is 5.78. The zero-order valence-electron chi connectivity index (χ0n) is 17.0. The first kappa shape index (κ1) is 21.7. The molecule has 0 spiro atoms. The molecule has 7 nitrogen and oxygen atoms in total. The van der Waals surface area contributed by atoms with Gasteiger partial charge >= 0.3 is 6.09 Å². The van der Waals surface area contributed by atoms with Crippen molar-refractivity contribution < 1.29 is 19.1 Å². The zero-order chi connectivity index (χ0) is 20.5. The van der Waals surface area contributed by atoms with Crippen LogP contribution in [0.2, 0.25) is 0 Å². The van der Waals surface area contributed by atoms with Crippen LogP contribution in [0.25, 0.3) is 0 Å². The van der Waals surface area contributed by atoms with Crippen LogP contribution < -0.4 is 5.32 Å². The summed E-state index contributed by atoms with van der Waals surface area (Å²) in [6.45, 7) is 7.18. The van der Waals surface area contributed by atoms with Gasteiger partial charge in [-0.1, -0.05) is 30.3 Å². The summed E-state index contributed by atoms with van der Waals surface area (Å²) in [5.41, 5.74) is 1.05. The molecule has 1 aromatic rings. The molecule has 1 fully saturated rings. The lowest BCUT2D eigenvalue weighted by Gasteiger charge is -2.32. The second-order valence-electron chi connectivity index (χ2n) is 7.08. The predicted molar refractivity (Wildman–Crippen MR) is 107 cm³/mol. The summed E-state index contributed by atoms with van der Waals surface area (Å²) >= 11 is 0. The first-order valence-electron chi connectivity index (χ1n) is 9.95. The maximum Gasteiger partial charge on any atom is 0.409 e. The van der Waals surface area contributed by atoms with Gasteiger partial charge in [0, 0.05) is 39.0 Å². The Bertz CT molecular complexity index is 657. The number of nitrogens with zero attached hydrogens (tertiary/aromatic N) is 2. The third-order valence-electron chi connectivity index (χ3n) is 5.12. The summed E-state index contributed by atoms with van der Waals surface area (Å²) in [5.74, 6) is -0.118. The summed E-state index contributed by atoms with van der Waals surface area (Å²) in [4.78, 5) is 39.5. The predicted octanol–water partition coefficient (Wildman–Crippen LogP) is 2.72. The fourth-order valence-corrected chi connectivity index (χ4v) is 3.48. The van der Waals surface area contributed by atoms with Crippen molar-refractivity contribution in [2.24, 2.45) is 0 Å². The van der Waals surface area contributed by atoms with Gasteiger partial charge in [-0.15, -0.1) is 0 Å². The second-order valence-corrected chi connectivity index (χ2v) is 7.08. The SMILES string of the molecule is CCOC(=O)N1CCC(NC(=O)CCN(C(C)=O)C(C)c2ccccc2)CC1. The van der Waals surface area contributed by atoms with Gasteiger partial charge in [0.05, 0.1) is 12.6 Å². The number of carbonyl (C=O) groups is 3. The van der Waals surface area contributed by atoms with E-state index < -0.39 is 0 Å². The lowest BCUT2D eigenvalue weighted by atomic mass is 10.0. The fraction of sp³-hybridized carbons (Fsp3) is 0.571. The summed E-state index contributed by atoms with van der Waals surface area (Å²) in [5, 5.41) is 3.03. The third-order valence-corrected chi connectivity index (χ3v) is 5.12. The largest absolute Gasteiger partial charge is 0.450 e. The summed E-state index contributed by atoms with van der Waals surface area (Å²) in [7, 11) is 0. The van der Waals surface area contributed by atoms with Crippen LogP contribution in [-0.4, -0.2) is 60.0 Å². The lowest BCUT2D eigenvalue weighted by Crippen LogP contribution is -2.47. The zero-order valence-corrected chi connectivity index (χ0v) is 17.0. The Balaban J connectivity index is 1.79. The Hall–Kier alpha value is -2.57. The number of likely N-dealkylation sites (tertiary alicyclic amines) is 1. The quantitative estimate of drug-likeness (QED) is 0.778. The molecule has 1 N–H and O–H groups in total. The molecule has 1 unspecified atom stereocenters. The molecular weight excluding hydrogens is 358 g/mol. The molecule has 0 saturated carbocycles. The van der Waals surface area contributed by atoms with Gasteiger partial charge in [-0.05, 0) is 32.3 Å². The molecule has 1 atom stereocenters. The molecule has 0 bridgehead atoms. The molecular formula is C21H31N3O4. The van der Waals surface area contributed by atoms with E-state index in [1.165, 1.54) is 6.92 Å². The van der Waals surface area contributed by atoms with Crippen LogP contribution in [0.1, 0.15) is 51.6 Å². The van der Waals surface area contributed by atoms with Gasteiger partial charge in [0.25, 0.3) is 0 Å². The molecule has 1 aromatic carbocycles. The molecule has 1 aliphatic rings. The molecule has 1 heterocycles. The highest BCUT2D eigenvalue weighted by Gasteiger charge is 2.25. The van der Waals surface area contributed by atoms with Gasteiger partial charge in [-0.3, -0.25) is 9.59 Å². The fourth-order valence-electron chi connectivity index (χ4n) is 3.48. The van der Waals surface area contributed by atoms with E-state index in [-0.39, 0.29) is 36.4 Å². The molecule has 0 aliphatic carbocycles. The number of piperidine rings is 1. The van der Waals surface area contributed by atoms with Crippen LogP contribution in [0.3, 0.4) is 0 Å². The maximum atomic E-state index is 12.4. The minimum Gasteiger partial charge on any atom is -0.450 e. The minimum absolute atomic E-state index is 0.0492. The van der Waals surface area contributed by atoms with E-state index in [0.29, 0.717) is 39.1 Å². The Morgan fingerprint density at radius 1 is 1.21 bits per heavy atom. The lowest BCUT2D eigenvalue weighted by molar-refractivity contribution is -0.131. The number of hydrogen-bond donors (Lipinski definition) is 1. The van der Waals surface area contributed by atoms with Gasteiger partial charge in [0.1, 0.15) is 0 Å². The normalized spacial score (nSPS) is 15.6. The van der Waals surface area contributed by atoms with E-state index >= 15 is 0 Å². The highest BCUT2D eigenvalue weighted by atomic mass is 16.6. The van der Waals surface area contributed by atoms with Crippen LogP contribution in [0.5, 0.6) is 0 Å². The van der Waals surface area contributed by atoms with E-state index in [2.05, 4.69) is 5.32 Å². The van der Waals surface area contributed by atoms with Gasteiger partial charge in [-0.2, -0.15) is 0 Å². The van der Waals surface area contributed by atoms with E-state index in [0.717, 1.165) is 5.56 Å². The average molecular weight is 389 g/mol. The molecule has 0 aromatic heterocycles. The third kappa shape index (κ3) is 6.25. The van der Waals surface area contributed by atoms with Gasteiger partial charge in [-0.25, -0.2) is 4.79 Å². The molecule has 154 valence electrons. The average Bonchev–Trinajstić information content (AvgIpc) is 2.69. The smallest absolute Gasteiger partial charge is 0.409 e. The molecule has 7 heteroatoms. The number of hydrogen-bond acceptors (Lipinski definition) is 4. The molecule has 28 heavy (non-hydrogen) atoms. The number of benzene rings is 1. The van der Waals surface area contributed by atoms with Crippen molar-refractivity contribution in [1.29, 1.82) is 0 Å². The number of carbonyl (C=O) groups excluding carboxylic acids is 3. The number of amides is 3. The molecule has 3 amide bonds. The van der Waals surface area contributed by atoms with Crippen LogP contribution in [0.15, 0.2) is 30.3 Å². The molecule has 1 saturated heterocycles. The van der Waals surface area contributed by atoms with Crippen LogP contribution in [0.4, 0.5) is 4.79 Å². The van der Waals surface area contributed by atoms with Gasteiger partial charge in [0.2, 0.25) is 11.8 Å². The molecule has 2 rings (SSSR count). The molecule has 0 radical (unpaired) electrons. The van der Waals surface area contributed by atoms with Gasteiger partial charge in [0.15, 0.2) is 0 Å². The highest BCUT2D eigenvalue weighted by Crippen LogP contribution is 2.20. The van der Waals surface area contributed by atoms with E-state index in [4.69, 9.17) is 4.74 Å². The van der Waals surface area contributed by atoms with Gasteiger partial charge < -0.3 is 19.9 Å². The molecule has 1 aliphatic heterocycles. The number of nitrogens with one attached hydrogen (secondary N) is 1. The Morgan fingerprint density at radius 2 is 1.86 bits per heavy atom. The second kappa shape index (κ2) is 10.7.